The summed E-state index contributed by atoms with van der Waals surface area (Å²) < 4.78 is 5.79. The lowest BCUT2D eigenvalue weighted by molar-refractivity contribution is 0.163. The van der Waals surface area contributed by atoms with Crippen LogP contribution in [0.1, 0.15) is 18.4 Å². The first kappa shape index (κ1) is 12.8. The van der Waals surface area contributed by atoms with Gasteiger partial charge in [0.2, 0.25) is 5.89 Å². The maximum Gasteiger partial charge on any atom is 0.227 e. The summed E-state index contributed by atoms with van der Waals surface area (Å²) >= 11 is 1.67. The van der Waals surface area contributed by atoms with E-state index in [-0.39, 0.29) is 0 Å². The first-order chi connectivity index (χ1) is 9.24. The molecule has 0 amide bonds. The van der Waals surface area contributed by atoms with Crippen LogP contribution in [0, 0.1) is 6.92 Å². The number of oxazole rings is 1. The van der Waals surface area contributed by atoms with Crippen LogP contribution in [0.15, 0.2) is 21.2 Å². The van der Waals surface area contributed by atoms with Gasteiger partial charge in [-0.1, -0.05) is 0 Å². The fourth-order valence-electron chi connectivity index (χ4n) is 2.39. The largest absolute Gasteiger partial charge is 0.441 e. The third-order valence-electron chi connectivity index (χ3n) is 3.65. The van der Waals surface area contributed by atoms with Crippen molar-refractivity contribution in [3.63, 3.8) is 0 Å². The molecule has 3 rings (SSSR count). The molecule has 19 heavy (non-hydrogen) atoms. The second-order valence-electron chi connectivity index (χ2n) is 5.06. The van der Waals surface area contributed by atoms with Crippen molar-refractivity contribution in [2.45, 2.75) is 26.4 Å². The number of nitrogens with one attached hydrogen (secondary N) is 1. The molecule has 5 heteroatoms. The number of piperazine rings is 1. The van der Waals surface area contributed by atoms with Crippen LogP contribution in [0.3, 0.4) is 0 Å². The van der Waals surface area contributed by atoms with E-state index in [2.05, 4.69) is 27.5 Å². The summed E-state index contributed by atoms with van der Waals surface area (Å²) in [6.45, 7) is 8.31. The van der Waals surface area contributed by atoms with Crippen molar-refractivity contribution in [2.75, 3.05) is 19.6 Å². The van der Waals surface area contributed by atoms with Gasteiger partial charge in [0.1, 0.15) is 5.76 Å². The van der Waals surface area contributed by atoms with Gasteiger partial charge in [0, 0.05) is 43.2 Å². The molecule has 0 aromatic carbocycles. The Kier molecular flexibility index (Phi) is 3.68. The molecule has 0 bridgehead atoms. The van der Waals surface area contributed by atoms with Crippen molar-refractivity contribution in [3.05, 3.63) is 28.3 Å². The van der Waals surface area contributed by atoms with Crippen LogP contribution in [0.4, 0.5) is 0 Å². The van der Waals surface area contributed by atoms with Crippen molar-refractivity contribution in [3.8, 4) is 11.5 Å². The lowest BCUT2D eigenvalue weighted by Crippen LogP contribution is -2.49. The number of hydrogen-bond acceptors (Lipinski definition) is 5. The fraction of sp³-hybridized carbons (Fsp3) is 0.500. The van der Waals surface area contributed by atoms with Crippen molar-refractivity contribution in [1.29, 1.82) is 0 Å². The highest BCUT2D eigenvalue weighted by Crippen LogP contribution is 2.24. The quantitative estimate of drug-likeness (QED) is 0.936. The number of aryl methyl sites for hydroxylation is 1. The summed E-state index contributed by atoms with van der Waals surface area (Å²) in [5.41, 5.74) is 2.14. The van der Waals surface area contributed by atoms with Crippen LogP contribution in [-0.4, -0.2) is 35.6 Å². The van der Waals surface area contributed by atoms with Gasteiger partial charge in [-0.15, -0.1) is 0 Å². The van der Waals surface area contributed by atoms with Gasteiger partial charge in [0.15, 0.2) is 0 Å². The average Bonchev–Trinajstić information content (AvgIpc) is 3.02. The predicted octanol–water partition coefficient (Wildman–Crippen LogP) is 2.51. The number of aromatic nitrogens is 1. The van der Waals surface area contributed by atoms with Crippen LogP contribution < -0.4 is 5.32 Å². The molecule has 0 saturated carbocycles. The lowest BCUT2D eigenvalue weighted by atomic mass is 10.2. The highest BCUT2D eigenvalue weighted by molar-refractivity contribution is 7.08. The molecule has 1 fully saturated rings. The minimum atomic E-state index is 0.550. The molecule has 0 aliphatic carbocycles. The molecule has 0 unspecified atom stereocenters. The van der Waals surface area contributed by atoms with Gasteiger partial charge in [-0.3, -0.25) is 4.90 Å². The third kappa shape index (κ3) is 2.73. The van der Waals surface area contributed by atoms with E-state index in [9.17, 15) is 0 Å². The predicted molar refractivity (Wildman–Crippen MR) is 77.3 cm³/mol. The molecule has 1 aliphatic rings. The molecule has 1 N–H and O–H groups in total. The topological polar surface area (TPSA) is 41.3 Å². The molecule has 0 spiro atoms. The monoisotopic (exact) mass is 277 g/mol. The molecule has 1 atom stereocenters. The molecule has 2 aromatic heterocycles. The molecular weight excluding hydrogens is 258 g/mol. The zero-order valence-corrected chi connectivity index (χ0v) is 12.2. The number of hydrogen-bond donors (Lipinski definition) is 1. The second-order valence-corrected chi connectivity index (χ2v) is 5.84. The Balaban J connectivity index is 1.78. The van der Waals surface area contributed by atoms with Crippen LogP contribution in [0.2, 0.25) is 0 Å². The first-order valence-corrected chi connectivity index (χ1v) is 7.62. The molecule has 1 saturated heterocycles. The summed E-state index contributed by atoms with van der Waals surface area (Å²) in [4.78, 5) is 7.12. The van der Waals surface area contributed by atoms with Gasteiger partial charge < -0.3 is 9.73 Å². The summed E-state index contributed by atoms with van der Waals surface area (Å²) in [6, 6.07) is 2.60. The van der Waals surface area contributed by atoms with E-state index in [1.807, 2.05) is 18.4 Å². The van der Waals surface area contributed by atoms with E-state index < -0.39 is 0 Å². The SMILES string of the molecule is Cc1oc(-c2ccsc2)nc1CN1CCNC[C@@H]1C. The normalized spacial score (nSPS) is 20.8. The van der Waals surface area contributed by atoms with Crippen molar-refractivity contribution in [1.82, 2.24) is 15.2 Å². The molecule has 0 radical (unpaired) electrons. The van der Waals surface area contributed by atoms with E-state index in [0.717, 1.165) is 49.1 Å². The molecule has 102 valence electrons. The fourth-order valence-corrected chi connectivity index (χ4v) is 3.02. The van der Waals surface area contributed by atoms with Gasteiger partial charge >= 0.3 is 0 Å². The van der Waals surface area contributed by atoms with Crippen LogP contribution in [-0.2, 0) is 6.54 Å². The maximum absolute atomic E-state index is 5.79. The minimum absolute atomic E-state index is 0.550. The smallest absolute Gasteiger partial charge is 0.227 e. The zero-order valence-electron chi connectivity index (χ0n) is 11.3. The Morgan fingerprint density at radius 3 is 3.21 bits per heavy atom. The second kappa shape index (κ2) is 5.45. The summed E-state index contributed by atoms with van der Waals surface area (Å²) in [6.07, 6.45) is 0. The Bertz CT molecular complexity index is 535. The van der Waals surface area contributed by atoms with Crippen molar-refractivity contribution < 1.29 is 4.42 Å². The van der Waals surface area contributed by atoms with Gasteiger partial charge in [-0.2, -0.15) is 11.3 Å². The minimum Gasteiger partial charge on any atom is -0.441 e. The first-order valence-electron chi connectivity index (χ1n) is 6.67. The van der Waals surface area contributed by atoms with Crippen molar-refractivity contribution in [2.24, 2.45) is 0 Å². The van der Waals surface area contributed by atoms with E-state index >= 15 is 0 Å². The van der Waals surface area contributed by atoms with Crippen molar-refractivity contribution >= 4 is 11.3 Å². The third-order valence-corrected chi connectivity index (χ3v) is 4.34. The summed E-state index contributed by atoms with van der Waals surface area (Å²) in [5.74, 6) is 1.68. The molecule has 3 heterocycles. The van der Waals surface area contributed by atoms with E-state index in [1.165, 1.54) is 0 Å². The molecule has 4 nitrogen and oxygen atoms in total. The summed E-state index contributed by atoms with van der Waals surface area (Å²) in [7, 11) is 0. The standard InChI is InChI=1S/C14H19N3OS/c1-10-7-15-4-5-17(10)8-13-11(2)18-14(16-13)12-3-6-19-9-12/h3,6,9-10,15H,4-5,7-8H2,1-2H3/t10-/m0/s1. The van der Waals surface area contributed by atoms with E-state index in [0.29, 0.717) is 6.04 Å². The van der Waals surface area contributed by atoms with Gasteiger partial charge in [-0.05, 0) is 25.3 Å². The number of rotatable bonds is 3. The average molecular weight is 277 g/mol. The molecule has 1 aliphatic heterocycles. The number of nitrogens with zero attached hydrogens (tertiary/aromatic N) is 2. The highest BCUT2D eigenvalue weighted by atomic mass is 32.1. The Hall–Kier alpha value is -1.17. The Morgan fingerprint density at radius 2 is 2.47 bits per heavy atom. The summed E-state index contributed by atoms with van der Waals surface area (Å²) in [5, 5.41) is 7.53. The van der Waals surface area contributed by atoms with Crippen LogP contribution in [0.25, 0.3) is 11.5 Å². The van der Waals surface area contributed by atoms with E-state index in [1.54, 1.807) is 11.3 Å². The zero-order chi connectivity index (χ0) is 13.2. The number of thiophene rings is 1. The van der Waals surface area contributed by atoms with Gasteiger partial charge in [0.25, 0.3) is 0 Å². The Morgan fingerprint density at radius 1 is 1.58 bits per heavy atom. The van der Waals surface area contributed by atoms with E-state index in [4.69, 9.17) is 4.42 Å². The molecule has 2 aromatic rings. The highest BCUT2D eigenvalue weighted by Gasteiger charge is 2.21. The maximum atomic E-state index is 5.79. The van der Waals surface area contributed by atoms with Gasteiger partial charge in [0.05, 0.1) is 5.69 Å². The van der Waals surface area contributed by atoms with Gasteiger partial charge in [-0.25, -0.2) is 4.98 Å². The Labute approximate surface area is 117 Å². The molecular formula is C14H19N3OS. The lowest BCUT2D eigenvalue weighted by Gasteiger charge is -2.33. The van der Waals surface area contributed by atoms with Crippen LogP contribution in [0.5, 0.6) is 0 Å². The van der Waals surface area contributed by atoms with Crippen LogP contribution >= 0.6 is 11.3 Å².